The molecule has 0 saturated carbocycles. The summed E-state index contributed by atoms with van der Waals surface area (Å²) in [5, 5.41) is 0. The summed E-state index contributed by atoms with van der Waals surface area (Å²) in [7, 11) is 1.66. The van der Waals surface area contributed by atoms with Crippen LogP contribution < -0.4 is 15.6 Å². The van der Waals surface area contributed by atoms with Crippen LogP contribution in [0.25, 0.3) is 0 Å². The van der Waals surface area contributed by atoms with Crippen molar-refractivity contribution in [2.45, 2.75) is 18.5 Å². The van der Waals surface area contributed by atoms with Gasteiger partial charge in [0.1, 0.15) is 11.6 Å². The largest absolute Gasteiger partial charge is 0.497 e. The van der Waals surface area contributed by atoms with E-state index >= 15 is 0 Å². The molecule has 2 aromatic carbocycles. The third kappa shape index (κ3) is 3.18. The van der Waals surface area contributed by atoms with Crippen LogP contribution in [0.4, 0.5) is 4.39 Å². The van der Waals surface area contributed by atoms with Crippen molar-refractivity contribution in [3.8, 4) is 5.75 Å². The van der Waals surface area contributed by atoms with Gasteiger partial charge in [0.15, 0.2) is 0 Å². The Labute approximate surface area is 152 Å². The van der Waals surface area contributed by atoms with Crippen LogP contribution in [0.15, 0.2) is 48.5 Å². The van der Waals surface area contributed by atoms with Gasteiger partial charge in [0.05, 0.1) is 13.2 Å². The highest BCUT2D eigenvalue weighted by Crippen LogP contribution is 2.35. The van der Waals surface area contributed by atoms with E-state index in [0.717, 1.165) is 17.7 Å². The third-order valence-corrected chi connectivity index (χ3v) is 5.34. The summed E-state index contributed by atoms with van der Waals surface area (Å²) in [5.74, 6) is 0.713. The van der Waals surface area contributed by atoms with E-state index in [-0.39, 0.29) is 23.7 Å². The van der Waals surface area contributed by atoms with E-state index in [1.165, 1.54) is 12.1 Å². The maximum Gasteiger partial charge on any atom is 0.253 e. The Morgan fingerprint density at radius 1 is 1.19 bits per heavy atom. The molecule has 2 aliphatic heterocycles. The Morgan fingerprint density at radius 3 is 2.77 bits per heavy atom. The molecule has 0 spiro atoms. The second kappa shape index (κ2) is 7.05. The van der Waals surface area contributed by atoms with Gasteiger partial charge >= 0.3 is 0 Å². The van der Waals surface area contributed by atoms with Crippen molar-refractivity contribution in [1.29, 1.82) is 0 Å². The monoisotopic (exact) mass is 355 g/mol. The molecular formula is C20H22FN3O2. The highest BCUT2D eigenvalue weighted by molar-refractivity contribution is 5.94. The van der Waals surface area contributed by atoms with E-state index in [1.54, 1.807) is 19.2 Å². The summed E-state index contributed by atoms with van der Waals surface area (Å²) < 4.78 is 18.5. The predicted molar refractivity (Wildman–Crippen MR) is 96.2 cm³/mol. The summed E-state index contributed by atoms with van der Waals surface area (Å²) in [5.41, 5.74) is 8.42. The lowest BCUT2D eigenvalue weighted by atomic mass is 9.85. The number of hydrogen-bond acceptors (Lipinski definition) is 4. The topological polar surface area (TPSA) is 53.6 Å². The molecule has 0 aromatic heterocycles. The quantitative estimate of drug-likeness (QED) is 0.888. The Kier molecular flexibility index (Phi) is 4.61. The van der Waals surface area contributed by atoms with Crippen LogP contribution in [-0.4, -0.2) is 37.0 Å². The first-order valence-corrected chi connectivity index (χ1v) is 8.85. The maximum atomic E-state index is 13.1. The van der Waals surface area contributed by atoms with Crippen LogP contribution in [0.1, 0.15) is 28.4 Å². The molecule has 3 atom stereocenters. The van der Waals surface area contributed by atoms with Gasteiger partial charge in [-0.1, -0.05) is 12.1 Å². The van der Waals surface area contributed by atoms with Crippen molar-refractivity contribution in [3.05, 3.63) is 65.5 Å². The van der Waals surface area contributed by atoms with Gasteiger partial charge < -0.3 is 9.64 Å². The number of methoxy groups -OCH3 is 1. The summed E-state index contributed by atoms with van der Waals surface area (Å²) in [6.07, 6.45) is 0.880. The fourth-order valence-corrected chi connectivity index (χ4v) is 3.93. The lowest BCUT2D eigenvalue weighted by Gasteiger charge is -2.36. The van der Waals surface area contributed by atoms with E-state index in [9.17, 15) is 9.18 Å². The van der Waals surface area contributed by atoms with Crippen LogP contribution in [0.2, 0.25) is 0 Å². The molecule has 136 valence electrons. The summed E-state index contributed by atoms with van der Waals surface area (Å²) in [6.45, 7) is 1.35. The number of nitrogens with zero attached hydrogens (tertiary/aromatic N) is 1. The van der Waals surface area contributed by atoms with E-state index in [4.69, 9.17) is 4.74 Å². The summed E-state index contributed by atoms with van der Waals surface area (Å²) in [6, 6.07) is 14.2. The van der Waals surface area contributed by atoms with E-state index in [0.29, 0.717) is 24.7 Å². The van der Waals surface area contributed by atoms with E-state index in [1.807, 2.05) is 23.1 Å². The minimum atomic E-state index is -0.331. The second-order valence-corrected chi connectivity index (χ2v) is 6.86. The number of hydrogen-bond donors (Lipinski definition) is 2. The standard InChI is InChI=1S/C20H22FN3O2/c1-26-16-4-2-3-14(11-16)19-17-12-24(10-9-18(17)22-23-19)20(25)13-5-7-15(21)8-6-13/h2-8,11,17-19,22-23H,9-10,12H2,1H3. The first kappa shape index (κ1) is 17.0. The number of carbonyl (C=O) groups excluding carboxylic acids is 1. The van der Waals surface area contributed by atoms with Crippen molar-refractivity contribution in [2.24, 2.45) is 5.92 Å². The smallest absolute Gasteiger partial charge is 0.253 e. The number of amides is 1. The molecule has 2 saturated heterocycles. The van der Waals surface area contributed by atoms with Crippen LogP contribution >= 0.6 is 0 Å². The third-order valence-electron chi connectivity index (χ3n) is 5.34. The first-order chi connectivity index (χ1) is 12.7. The number of piperidine rings is 1. The van der Waals surface area contributed by atoms with Crippen molar-refractivity contribution in [2.75, 3.05) is 20.2 Å². The number of nitrogens with one attached hydrogen (secondary N) is 2. The minimum Gasteiger partial charge on any atom is -0.497 e. The summed E-state index contributed by atoms with van der Waals surface area (Å²) in [4.78, 5) is 14.7. The fraction of sp³-hybridized carbons (Fsp3) is 0.350. The number of hydrazine groups is 1. The molecule has 2 N–H and O–H groups in total. The van der Waals surface area contributed by atoms with Gasteiger partial charge in [0.25, 0.3) is 5.91 Å². The lowest BCUT2D eigenvalue weighted by Crippen LogP contribution is -2.47. The maximum absolute atomic E-state index is 13.1. The Bertz CT molecular complexity index is 796. The number of carbonyl (C=O) groups is 1. The molecule has 0 aliphatic carbocycles. The first-order valence-electron chi connectivity index (χ1n) is 8.85. The molecule has 5 nitrogen and oxygen atoms in total. The SMILES string of the molecule is COc1cccc(C2NNC3CCN(C(=O)c4ccc(F)cc4)CC32)c1. The molecule has 1 amide bonds. The normalized spacial score (nSPS) is 25.0. The summed E-state index contributed by atoms with van der Waals surface area (Å²) >= 11 is 0. The van der Waals surface area contributed by atoms with Crippen molar-refractivity contribution >= 4 is 5.91 Å². The number of rotatable bonds is 3. The molecule has 0 bridgehead atoms. The highest BCUT2D eigenvalue weighted by atomic mass is 19.1. The average Bonchev–Trinajstić information content (AvgIpc) is 3.11. The van der Waals surface area contributed by atoms with Gasteiger partial charge in [0.2, 0.25) is 0 Å². The highest BCUT2D eigenvalue weighted by Gasteiger charge is 2.41. The Balaban J connectivity index is 1.52. The Hall–Kier alpha value is -2.44. The number of fused-ring (bicyclic) bond motifs is 1. The second-order valence-electron chi connectivity index (χ2n) is 6.86. The van der Waals surface area contributed by atoms with Crippen LogP contribution in [0.5, 0.6) is 5.75 Å². The van der Waals surface area contributed by atoms with E-state index in [2.05, 4.69) is 16.9 Å². The van der Waals surface area contributed by atoms with Gasteiger partial charge in [-0.3, -0.25) is 10.2 Å². The molecule has 2 heterocycles. The van der Waals surface area contributed by atoms with Gasteiger partial charge in [-0.25, -0.2) is 9.82 Å². The minimum absolute atomic E-state index is 0.0419. The molecule has 4 rings (SSSR count). The van der Waals surface area contributed by atoms with Gasteiger partial charge in [-0.2, -0.15) is 0 Å². The number of benzene rings is 2. The fourth-order valence-electron chi connectivity index (χ4n) is 3.93. The zero-order valence-corrected chi connectivity index (χ0v) is 14.6. The zero-order chi connectivity index (χ0) is 18.1. The molecule has 2 fully saturated rings. The molecular weight excluding hydrogens is 333 g/mol. The van der Waals surface area contributed by atoms with Gasteiger partial charge in [-0.15, -0.1) is 0 Å². The predicted octanol–water partition coefficient (Wildman–Crippen LogP) is 2.51. The Morgan fingerprint density at radius 2 is 2.00 bits per heavy atom. The van der Waals surface area contributed by atoms with Crippen LogP contribution in [0, 0.1) is 11.7 Å². The van der Waals surface area contributed by atoms with Crippen molar-refractivity contribution in [1.82, 2.24) is 15.8 Å². The van der Waals surface area contributed by atoms with Gasteiger partial charge in [-0.05, 0) is 48.4 Å². The number of likely N-dealkylation sites (tertiary alicyclic amines) is 1. The molecule has 2 aliphatic rings. The number of halogens is 1. The van der Waals surface area contributed by atoms with Crippen molar-refractivity contribution in [3.63, 3.8) is 0 Å². The lowest BCUT2D eigenvalue weighted by molar-refractivity contribution is 0.0652. The van der Waals surface area contributed by atoms with Crippen LogP contribution in [-0.2, 0) is 0 Å². The zero-order valence-electron chi connectivity index (χ0n) is 14.6. The molecule has 26 heavy (non-hydrogen) atoms. The van der Waals surface area contributed by atoms with Crippen LogP contribution in [0.3, 0.4) is 0 Å². The molecule has 2 aromatic rings. The van der Waals surface area contributed by atoms with Crippen molar-refractivity contribution < 1.29 is 13.9 Å². The van der Waals surface area contributed by atoms with E-state index < -0.39 is 0 Å². The van der Waals surface area contributed by atoms with Gasteiger partial charge in [0, 0.05) is 30.6 Å². The molecule has 0 radical (unpaired) electrons. The number of ether oxygens (including phenoxy) is 1. The molecule has 3 unspecified atom stereocenters. The average molecular weight is 355 g/mol. The molecule has 6 heteroatoms.